The first-order valence-corrected chi connectivity index (χ1v) is 14.7. The van der Waals surface area contributed by atoms with Gasteiger partial charge in [0.2, 0.25) is 5.13 Å². The van der Waals surface area contributed by atoms with Crippen LogP contribution in [0.3, 0.4) is 0 Å². The highest BCUT2D eigenvalue weighted by Crippen LogP contribution is 2.53. The number of halogens is 4. The Balaban J connectivity index is 1.59. The first kappa shape index (κ1) is 26.4. The van der Waals surface area contributed by atoms with Crippen LogP contribution in [0.4, 0.5) is 13.9 Å². The number of hydrogen-bond donors (Lipinski definition) is 1. The lowest BCUT2D eigenvalue weighted by molar-refractivity contribution is 0.525. The number of rotatable bonds is 8. The van der Waals surface area contributed by atoms with Gasteiger partial charge in [0.15, 0.2) is 0 Å². The predicted molar refractivity (Wildman–Crippen MR) is 154 cm³/mol. The van der Waals surface area contributed by atoms with Crippen molar-refractivity contribution in [3.05, 3.63) is 109 Å². The molecule has 2 N–H and O–H groups in total. The van der Waals surface area contributed by atoms with E-state index in [9.17, 15) is 8.78 Å². The molecule has 4 aromatic rings. The molecule has 5 rings (SSSR count). The van der Waals surface area contributed by atoms with E-state index in [-0.39, 0.29) is 5.56 Å². The van der Waals surface area contributed by atoms with Gasteiger partial charge in [-0.25, -0.2) is 13.8 Å². The second-order valence-corrected chi connectivity index (χ2v) is 12.5. The first-order valence-electron chi connectivity index (χ1n) is 11.4. The lowest BCUT2D eigenvalue weighted by Gasteiger charge is -2.35. The summed E-state index contributed by atoms with van der Waals surface area (Å²) in [6.07, 6.45) is 1.93. The van der Waals surface area contributed by atoms with Gasteiger partial charge in [0.05, 0.1) is 0 Å². The molecule has 0 saturated heterocycles. The van der Waals surface area contributed by atoms with Crippen LogP contribution in [-0.2, 0) is 11.3 Å². The molecule has 3 aromatic carbocycles. The van der Waals surface area contributed by atoms with Crippen molar-refractivity contribution in [2.24, 2.45) is 10.8 Å². The van der Waals surface area contributed by atoms with Crippen molar-refractivity contribution in [2.75, 3.05) is 11.6 Å². The maximum Gasteiger partial charge on any atom is 0.230 e. The molecule has 1 aromatic heterocycles. The van der Waals surface area contributed by atoms with Crippen molar-refractivity contribution in [3.8, 4) is 0 Å². The van der Waals surface area contributed by atoms with E-state index in [4.69, 9.17) is 10.8 Å². The highest BCUT2D eigenvalue weighted by Gasteiger charge is 2.48. The van der Waals surface area contributed by atoms with Gasteiger partial charge in [0, 0.05) is 20.9 Å². The third kappa shape index (κ3) is 5.65. The van der Waals surface area contributed by atoms with Gasteiger partial charge in [0.1, 0.15) is 26.6 Å². The number of nitrogens with two attached hydrogens (primary N) is 1. The molecule has 0 saturated carbocycles. The molecule has 1 aliphatic rings. The zero-order valence-electron chi connectivity index (χ0n) is 19.4. The summed E-state index contributed by atoms with van der Waals surface area (Å²) in [7, 11) is 0. The van der Waals surface area contributed by atoms with E-state index in [0.29, 0.717) is 36.0 Å². The Bertz CT molecular complexity index is 1430. The number of hydrogen-bond acceptors (Lipinski definition) is 7. The fourth-order valence-electron chi connectivity index (χ4n) is 4.08. The first-order chi connectivity index (χ1) is 17.9. The predicted octanol–water partition coefficient (Wildman–Crippen LogP) is 7.44. The van der Waals surface area contributed by atoms with Crippen LogP contribution in [0.2, 0.25) is 0 Å². The zero-order chi connectivity index (χ0) is 26.0. The minimum Gasteiger partial charge on any atom is -0.330 e. The van der Waals surface area contributed by atoms with Crippen molar-refractivity contribution < 1.29 is 8.78 Å². The lowest BCUT2D eigenvalue weighted by atomic mass is 10.0. The third-order valence-electron chi connectivity index (χ3n) is 5.88. The van der Waals surface area contributed by atoms with Crippen LogP contribution in [0, 0.1) is 11.6 Å². The monoisotopic (exact) mass is 663 g/mol. The van der Waals surface area contributed by atoms with Crippen LogP contribution in [0.5, 0.6) is 0 Å². The Morgan fingerprint density at radius 1 is 0.919 bits per heavy atom. The quantitative estimate of drug-likeness (QED) is 0.212. The van der Waals surface area contributed by atoms with Crippen molar-refractivity contribution in [2.45, 2.75) is 24.1 Å². The Labute approximate surface area is 238 Å². The molecule has 0 amide bonds. The highest BCUT2D eigenvalue weighted by molar-refractivity contribution is 9.10. The normalized spacial score (nSPS) is 17.3. The van der Waals surface area contributed by atoms with E-state index in [1.807, 2.05) is 48.5 Å². The summed E-state index contributed by atoms with van der Waals surface area (Å²) in [6, 6.07) is 19.4. The summed E-state index contributed by atoms with van der Waals surface area (Å²) in [4.78, 5) is -0.761. The molecule has 1 atom stereocenters. The average molecular weight is 665 g/mol. The van der Waals surface area contributed by atoms with Crippen molar-refractivity contribution in [1.82, 2.24) is 10.2 Å². The van der Waals surface area contributed by atoms with E-state index in [1.165, 1.54) is 29.2 Å². The second-order valence-electron chi connectivity index (χ2n) is 8.41. The summed E-state index contributed by atoms with van der Waals surface area (Å²) in [6.45, 7) is 0.473. The smallest absolute Gasteiger partial charge is 0.230 e. The summed E-state index contributed by atoms with van der Waals surface area (Å²) in [5.74, 6) is -1.06. The number of aromatic nitrogens is 2. The fraction of sp³-hybridized carbons (Fsp3) is 0.192. The molecule has 1 unspecified atom stereocenters. The van der Waals surface area contributed by atoms with Crippen LogP contribution >= 0.6 is 55.0 Å². The summed E-state index contributed by atoms with van der Waals surface area (Å²) in [5, 5.41) is 17.3. The minimum absolute atomic E-state index is 0.112. The van der Waals surface area contributed by atoms with E-state index >= 15 is 0 Å². The summed E-state index contributed by atoms with van der Waals surface area (Å²) < 4.78 is 30.9. The lowest BCUT2D eigenvalue weighted by Crippen LogP contribution is -2.38. The van der Waals surface area contributed by atoms with Gasteiger partial charge in [0.25, 0.3) is 0 Å². The Morgan fingerprint density at radius 2 is 1.62 bits per heavy atom. The molecule has 190 valence electrons. The summed E-state index contributed by atoms with van der Waals surface area (Å²) >= 11 is 9.78. The summed E-state index contributed by atoms with van der Waals surface area (Å²) in [5.41, 5.74) is 8.10. The molecular formula is C26H21Br2F2N5S2. The van der Waals surface area contributed by atoms with E-state index in [2.05, 4.69) is 42.1 Å². The van der Waals surface area contributed by atoms with Gasteiger partial charge in [-0.15, -0.1) is 10.2 Å². The molecule has 2 heterocycles. The molecule has 5 nitrogen and oxygen atoms in total. The van der Waals surface area contributed by atoms with E-state index < -0.39 is 16.5 Å². The van der Waals surface area contributed by atoms with Gasteiger partial charge in [-0.1, -0.05) is 79.2 Å². The third-order valence-corrected chi connectivity index (χ3v) is 9.28. The van der Waals surface area contributed by atoms with E-state index in [1.54, 1.807) is 5.01 Å². The molecule has 0 aliphatic carbocycles. The fourth-order valence-corrected chi connectivity index (χ4v) is 6.98. The molecule has 1 aliphatic heterocycles. The van der Waals surface area contributed by atoms with Gasteiger partial charge in [-0.05, 0) is 73.0 Å². The maximum atomic E-state index is 14.9. The molecule has 0 fully saturated rings. The van der Waals surface area contributed by atoms with Gasteiger partial charge in [-0.2, -0.15) is 5.10 Å². The highest BCUT2D eigenvalue weighted by atomic mass is 79.9. The van der Waals surface area contributed by atoms with Crippen LogP contribution in [0.25, 0.3) is 0 Å². The average Bonchev–Trinajstić information content (AvgIpc) is 3.51. The van der Waals surface area contributed by atoms with Crippen LogP contribution in [0.15, 0.2) is 80.8 Å². The van der Waals surface area contributed by atoms with Crippen molar-refractivity contribution in [3.63, 3.8) is 0 Å². The maximum absolute atomic E-state index is 14.9. The molecule has 37 heavy (non-hydrogen) atoms. The molecule has 0 bridgehead atoms. The largest absolute Gasteiger partial charge is 0.330 e. The van der Waals surface area contributed by atoms with Gasteiger partial charge < -0.3 is 5.73 Å². The Hall–Kier alpha value is -2.18. The van der Waals surface area contributed by atoms with Crippen molar-refractivity contribution >= 4 is 65.1 Å². The van der Waals surface area contributed by atoms with Crippen molar-refractivity contribution in [1.29, 1.82) is 0 Å². The van der Waals surface area contributed by atoms with E-state index in [0.717, 1.165) is 37.2 Å². The molecule has 11 heteroatoms. The van der Waals surface area contributed by atoms with Crippen LogP contribution < -0.4 is 10.7 Å². The Kier molecular flexibility index (Phi) is 8.06. The standard InChI is InChI=1S/C26H21Br2F2N5S2/c27-18-6-2-16(3-7-18)14-23-32-33-25(36-23)35-26(12-1-13-31,17-4-8-19(28)9-5-17)37-24(34-35)21-15-20(29)10-11-22(21)30/h2-11,15H,1,12-14,31H2. The molecule has 0 radical (unpaired) electrons. The number of thioether (sulfide) groups is 1. The molecule has 0 spiro atoms. The molecular weight excluding hydrogens is 644 g/mol. The topological polar surface area (TPSA) is 67.4 Å². The number of benzene rings is 3. The number of anilines is 1. The van der Waals surface area contributed by atoms with Crippen LogP contribution in [0.1, 0.15) is 34.5 Å². The zero-order valence-corrected chi connectivity index (χ0v) is 24.2. The van der Waals surface area contributed by atoms with Gasteiger partial charge >= 0.3 is 0 Å². The Morgan fingerprint density at radius 3 is 2.32 bits per heavy atom. The SMILES string of the molecule is NCCCC1(c2ccc(Br)cc2)SC(c2cc(F)ccc2F)=NN1c1nnc(Cc2ccc(Br)cc2)s1. The van der Waals surface area contributed by atoms with Gasteiger partial charge in [-0.3, -0.25) is 0 Å². The number of hydrazone groups is 1. The number of nitrogens with zero attached hydrogens (tertiary/aromatic N) is 4. The minimum atomic E-state index is -0.761. The second kappa shape index (κ2) is 11.3. The van der Waals surface area contributed by atoms with Crippen LogP contribution in [-0.4, -0.2) is 21.8 Å².